The van der Waals surface area contributed by atoms with Crippen molar-refractivity contribution in [3.63, 3.8) is 0 Å². The molecule has 0 spiro atoms. The topological polar surface area (TPSA) is 62.2 Å². The van der Waals surface area contributed by atoms with Gasteiger partial charge in [-0.15, -0.1) is 0 Å². The molecule has 2 N–H and O–H groups in total. The van der Waals surface area contributed by atoms with E-state index in [4.69, 9.17) is 0 Å². The minimum atomic E-state index is -1.12. The van der Waals surface area contributed by atoms with Gasteiger partial charge in [0.05, 0.1) is 16.9 Å². The standard InChI is InChI=1S/C16H11FN2O2/c17-12-6-2-4-8-14(12)19-15-10-5-1-3-7-13(10)18-9-11(15)16(20)21/h1-9H,(H,18,19)(H,20,21). The van der Waals surface area contributed by atoms with E-state index in [1.165, 1.54) is 12.3 Å². The molecule has 5 heteroatoms. The lowest BCUT2D eigenvalue weighted by Crippen LogP contribution is -2.05. The van der Waals surface area contributed by atoms with Crippen molar-refractivity contribution in [3.05, 3.63) is 66.1 Å². The van der Waals surface area contributed by atoms with E-state index in [0.29, 0.717) is 16.6 Å². The lowest BCUT2D eigenvalue weighted by atomic mass is 10.1. The number of anilines is 2. The molecule has 0 saturated carbocycles. The Hall–Kier alpha value is -2.95. The molecule has 0 aliphatic heterocycles. The Morgan fingerprint density at radius 1 is 1.10 bits per heavy atom. The van der Waals surface area contributed by atoms with E-state index in [-0.39, 0.29) is 11.3 Å². The van der Waals surface area contributed by atoms with Crippen LogP contribution in [-0.2, 0) is 0 Å². The number of hydrogen-bond acceptors (Lipinski definition) is 3. The molecule has 3 aromatic rings. The van der Waals surface area contributed by atoms with Crippen LogP contribution in [0.3, 0.4) is 0 Å². The smallest absolute Gasteiger partial charge is 0.339 e. The van der Waals surface area contributed by atoms with Crippen molar-refractivity contribution in [2.75, 3.05) is 5.32 Å². The van der Waals surface area contributed by atoms with Crippen molar-refractivity contribution in [3.8, 4) is 0 Å². The van der Waals surface area contributed by atoms with E-state index in [2.05, 4.69) is 10.3 Å². The van der Waals surface area contributed by atoms with Crippen LogP contribution in [0, 0.1) is 5.82 Å². The monoisotopic (exact) mass is 282 g/mol. The highest BCUT2D eigenvalue weighted by atomic mass is 19.1. The van der Waals surface area contributed by atoms with E-state index >= 15 is 0 Å². The second kappa shape index (κ2) is 5.20. The fourth-order valence-electron chi connectivity index (χ4n) is 2.14. The number of carboxylic acid groups (broad SMARTS) is 1. The molecule has 0 fully saturated rings. The number of halogens is 1. The molecule has 1 heterocycles. The van der Waals surface area contributed by atoms with Gasteiger partial charge in [0, 0.05) is 11.6 Å². The van der Waals surface area contributed by atoms with Crippen LogP contribution in [0.5, 0.6) is 0 Å². The Morgan fingerprint density at radius 3 is 2.57 bits per heavy atom. The first-order chi connectivity index (χ1) is 10.2. The number of carboxylic acids is 1. The minimum Gasteiger partial charge on any atom is -0.478 e. The number of hydrogen-bond donors (Lipinski definition) is 2. The van der Waals surface area contributed by atoms with Crippen LogP contribution in [0.2, 0.25) is 0 Å². The third kappa shape index (κ3) is 2.41. The zero-order valence-electron chi connectivity index (χ0n) is 10.9. The first-order valence-corrected chi connectivity index (χ1v) is 6.29. The molecular formula is C16H11FN2O2. The summed E-state index contributed by atoms with van der Waals surface area (Å²) >= 11 is 0. The molecule has 0 aliphatic rings. The molecule has 0 atom stereocenters. The van der Waals surface area contributed by atoms with Gasteiger partial charge >= 0.3 is 5.97 Å². The molecule has 1 aromatic heterocycles. The predicted octanol–water partition coefficient (Wildman–Crippen LogP) is 3.82. The van der Waals surface area contributed by atoms with Gasteiger partial charge in [0.25, 0.3) is 0 Å². The van der Waals surface area contributed by atoms with Gasteiger partial charge in [0.2, 0.25) is 0 Å². The molecular weight excluding hydrogens is 271 g/mol. The van der Waals surface area contributed by atoms with Crippen LogP contribution < -0.4 is 5.32 Å². The highest BCUT2D eigenvalue weighted by molar-refractivity contribution is 6.05. The average molecular weight is 282 g/mol. The summed E-state index contributed by atoms with van der Waals surface area (Å²) < 4.78 is 13.8. The van der Waals surface area contributed by atoms with Gasteiger partial charge in [-0.3, -0.25) is 4.98 Å². The molecule has 0 unspecified atom stereocenters. The van der Waals surface area contributed by atoms with Gasteiger partial charge in [-0.1, -0.05) is 30.3 Å². The van der Waals surface area contributed by atoms with E-state index in [9.17, 15) is 14.3 Å². The van der Waals surface area contributed by atoms with E-state index < -0.39 is 11.8 Å². The Bertz CT molecular complexity index is 833. The minimum absolute atomic E-state index is 0.00282. The van der Waals surface area contributed by atoms with Crippen molar-refractivity contribution >= 4 is 28.2 Å². The average Bonchev–Trinajstić information content (AvgIpc) is 2.49. The summed E-state index contributed by atoms with van der Waals surface area (Å²) in [5.74, 6) is -1.57. The second-order valence-corrected chi connectivity index (χ2v) is 4.47. The number of aromatic nitrogens is 1. The third-order valence-corrected chi connectivity index (χ3v) is 3.14. The number of fused-ring (bicyclic) bond motifs is 1. The summed E-state index contributed by atoms with van der Waals surface area (Å²) in [6.45, 7) is 0. The van der Waals surface area contributed by atoms with Gasteiger partial charge in [0.1, 0.15) is 11.4 Å². The van der Waals surface area contributed by atoms with Crippen LogP contribution in [0.4, 0.5) is 15.8 Å². The molecule has 2 aromatic carbocycles. The summed E-state index contributed by atoms with van der Waals surface area (Å²) in [5.41, 5.74) is 1.19. The number of carbonyl (C=O) groups is 1. The van der Waals surface area contributed by atoms with Crippen molar-refractivity contribution in [2.45, 2.75) is 0 Å². The quantitative estimate of drug-likeness (QED) is 0.766. The van der Waals surface area contributed by atoms with Crippen molar-refractivity contribution in [1.29, 1.82) is 0 Å². The van der Waals surface area contributed by atoms with Crippen molar-refractivity contribution in [1.82, 2.24) is 4.98 Å². The third-order valence-electron chi connectivity index (χ3n) is 3.14. The molecule has 0 radical (unpaired) electrons. The van der Waals surface area contributed by atoms with Crippen LogP contribution in [0.25, 0.3) is 10.9 Å². The maximum absolute atomic E-state index is 13.8. The number of nitrogens with one attached hydrogen (secondary N) is 1. The largest absolute Gasteiger partial charge is 0.478 e. The second-order valence-electron chi connectivity index (χ2n) is 4.47. The van der Waals surface area contributed by atoms with Crippen LogP contribution in [-0.4, -0.2) is 16.1 Å². The van der Waals surface area contributed by atoms with Gasteiger partial charge in [-0.05, 0) is 18.2 Å². The summed E-state index contributed by atoms with van der Waals surface area (Å²) in [4.78, 5) is 15.5. The summed E-state index contributed by atoms with van der Waals surface area (Å²) in [6, 6.07) is 13.2. The number of benzene rings is 2. The highest BCUT2D eigenvalue weighted by Crippen LogP contribution is 2.29. The lowest BCUT2D eigenvalue weighted by molar-refractivity contribution is 0.0697. The van der Waals surface area contributed by atoms with E-state index in [1.54, 1.807) is 36.4 Å². The Morgan fingerprint density at radius 2 is 1.81 bits per heavy atom. The zero-order valence-corrected chi connectivity index (χ0v) is 10.9. The number of rotatable bonds is 3. The molecule has 104 valence electrons. The Balaban J connectivity index is 2.21. The summed E-state index contributed by atoms with van der Waals surface area (Å²) in [7, 11) is 0. The normalized spacial score (nSPS) is 10.5. The van der Waals surface area contributed by atoms with E-state index in [0.717, 1.165) is 0 Å². The SMILES string of the molecule is O=C(O)c1cnc2ccccc2c1Nc1ccccc1F. The van der Waals surface area contributed by atoms with Gasteiger partial charge in [-0.2, -0.15) is 0 Å². The zero-order chi connectivity index (χ0) is 14.8. The lowest BCUT2D eigenvalue weighted by Gasteiger charge is -2.13. The summed E-state index contributed by atoms with van der Waals surface area (Å²) in [5, 5.41) is 12.8. The molecule has 0 saturated heterocycles. The van der Waals surface area contributed by atoms with E-state index in [1.807, 2.05) is 6.07 Å². The predicted molar refractivity (Wildman–Crippen MR) is 78.4 cm³/mol. The molecule has 4 nitrogen and oxygen atoms in total. The number of nitrogens with zero attached hydrogens (tertiary/aromatic N) is 1. The summed E-state index contributed by atoms with van der Waals surface area (Å²) in [6.07, 6.45) is 1.27. The first-order valence-electron chi connectivity index (χ1n) is 6.29. The molecule has 0 amide bonds. The van der Waals surface area contributed by atoms with Gasteiger partial charge < -0.3 is 10.4 Å². The van der Waals surface area contributed by atoms with Gasteiger partial charge in [-0.25, -0.2) is 9.18 Å². The van der Waals surface area contributed by atoms with Gasteiger partial charge in [0.15, 0.2) is 0 Å². The number of para-hydroxylation sites is 2. The molecule has 3 rings (SSSR count). The maximum atomic E-state index is 13.8. The first kappa shape index (κ1) is 13.1. The van der Waals surface area contributed by atoms with Crippen LogP contribution >= 0.6 is 0 Å². The van der Waals surface area contributed by atoms with Crippen molar-refractivity contribution in [2.24, 2.45) is 0 Å². The highest BCUT2D eigenvalue weighted by Gasteiger charge is 2.15. The molecule has 21 heavy (non-hydrogen) atoms. The number of pyridine rings is 1. The van der Waals surface area contributed by atoms with Crippen molar-refractivity contribution < 1.29 is 14.3 Å². The van der Waals surface area contributed by atoms with Crippen LogP contribution in [0.15, 0.2) is 54.7 Å². The molecule has 0 aliphatic carbocycles. The Kier molecular flexibility index (Phi) is 3.23. The fourth-order valence-corrected chi connectivity index (χ4v) is 2.14. The number of aromatic carboxylic acids is 1. The Labute approximate surface area is 119 Å². The maximum Gasteiger partial charge on any atom is 0.339 e. The fraction of sp³-hybridized carbons (Fsp3) is 0. The molecule has 0 bridgehead atoms. The van der Waals surface area contributed by atoms with Crippen LogP contribution in [0.1, 0.15) is 10.4 Å².